The van der Waals surface area contributed by atoms with Crippen LogP contribution in [0.4, 0.5) is 16.4 Å². The maximum Gasteiger partial charge on any atom is 0.304 e. The van der Waals surface area contributed by atoms with E-state index in [2.05, 4.69) is 20.7 Å². The van der Waals surface area contributed by atoms with Gasteiger partial charge in [-0.15, -0.1) is 0 Å². The molecular weight excluding hydrogens is 406 g/mol. The number of sulfonamides is 1. The van der Waals surface area contributed by atoms with Crippen molar-refractivity contribution in [2.24, 2.45) is 0 Å². The fourth-order valence-corrected chi connectivity index (χ4v) is 4.28. The molecule has 1 aromatic heterocycles. The first kappa shape index (κ1) is 16.0. The van der Waals surface area contributed by atoms with E-state index >= 15 is 0 Å². The summed E-state index contributed by atoms with van der Waals surface area (Å²) in [7, 11) is -4.01. The number of benzene rings is 1. The Hall–Kier alpha value is -1.36. The summed E-state index contributed by atoms with van der Waals surface area (Å²) < 4.78 is 27.0. The molecular formula is C10H7BrClN3O4S2. The van der Waals surface area contributed by atoms with Gasteiger partial charge in [0, 0.05) is 10.5 Å². The average molecular weight is 413 g/mol. The van der Waals surface area contributed by atoms with E-state index in [4.69, 9.17) is 17.3 Å². The van der Waals surface area contributed by atoms with Gasteiger partial charge in [-0.25, -0.2) is 8.42 Å². The highest BCUT2D eigenvalue weighted by Gasteiger charge is 2.25. The number of anilines is 2. The Labute approximate surface area is 137 Å². The third-order valence-corrected chi connectivity index (χ3v) is 5.97. The molecule has 0 saturated carbocycles. The summed E-state index contributed by atoms with van der Waals surface area (Å²) in [5.41, 5.74) is 5.15. The molecule has 7 nitrogen and oxygen atoms in total. The van der Waals surface area contributed by atoms with Crippen molar-refractivity contribution in [1.29, 1.82) is 0 Å². The SMILES string of the molecule is Nc1sc(S(=O)(=O)Nc2cc(Br)ccc2Cl)cc1[N+](=O)[O-]. The van der Waals surface area contributed by atoms with Crippen molar-refractivity contribution in [2.75, 3.05) is 10.5 Å². The molecule has 0 saturated heterocycles. The van der Waals surface area contributed by atoms with Crippen molar-refractivity contribution < 1.29 is 13.3 Å². The molecule has 1 aromatic carbocycles. The maximum atomic E-state index is 12.2. The van der Waals surface area contributed by atoms with Crippen molar-refractivity contribution in [3.63, 3.8) is 0 Å². The number of nitrogens with zero attached hydrogens (tertiary/aromatic N) is 1. The summed E-state index contributed by atoms with van der Waals surface area (Å²) in [5.74, 6) is 0. The largest absolute Gasteiger partial charge is 0.385 e. The predicted molar refractivity (Wildman–Crippen MR) is 85.3 cm³/mol. The quantitative estimate of drug-likeness (QED) is 0.589. The molecule has 0 atom stereocenters. The lowest BCUT2D eigenvalue weighted by Crippen LogP contribution is -2.11. The molecule has 1 heterocycles. The molecule has 112 valence electrons. The summed E-state index contributed by atoms with van der Waals surface area (Å²) in [4.78, 5) is 9.97. The van der Waals surface area contributed by atoms with Gasteiger partial charge in [0.05, 0.1) is 15.6 Å². The van der Waals surface area contributed by atoms with Crippen LogP contribution < -0.4 is 10.5 Å². The second-order valence-corrected chi connectivity index (χ2v) is 8.12. The van der Waals surface area contributed by atoms with Crippen molar-refractivity contribution in [3.05, 3.63) is 43.9 Å². The molecule has 0 amide bonds. The van der Waals surface area contributed by atoms with E-state index in [-0.39, 0.29) is 19.9 Å². The monoisotopic (exact) mass is 411 g/mol. The second kappa shape index (κ2) is 5.79. The normalized spacial score (nSPS) is 11.3. The maximum absolute atomic E-state index is 12.2. The zero-order valence-electron chi connectivity index (χ0n) is 10.0. The van der Waals surface area contributed by atoms with Gasteiger partial charge in [-0.1, -0.05) is 38.9 Å². The number of hydrogen-bond donors (Lipinski definition) is 2. The van der Waals surface area contributed by atoms with Gasteiger partial charge in [0.1, 0.15) is 4.21 Å². The first-order chi connectivity index (χ1) is 9.70. The van der Waals surface area contributed by atoms with Crippen LogP contribution in [0, 0.1) is 10.1 Å². The van der Waals surface area contributed by atoms with Crippen LogP contribution in [0.15, 0.2) is 32.9 Å². The van der Waals surface area contributed by atoms with E-state index in [9.17, 15) is 18.5 Å². The minimum absolute atomic E-state index is 0.153. The fraction of sp³-hybridized carbons (Fsp3) is 0. The molecule has 0 unspecified atom stereocenters. The molecule has 21 heavy (non-hydrogen) atoms. The van der Waals surface area contributed by atoms with Gasteiger partial charge < -0.3 is 5.73 Å². The number of hydrogen-bond acceptors (Lipinski definition) is 6. The smallest absolute Gasteiger partial charge is 0.304 e. The van der Waals surface area contributed by atoms with Gasteiger partial charge in [0.2, 0.25) is 0 Å². The molecule has 0 fully saturated rings. The van der Waals surface area contributed by atoms with Crippen LogP contribution >= 0.6 is 38.9 Å². The summed E-state index contributed by atoms with van der Waals surface area (Å²) in [6, 6.07) is 5.54. The lowest BCUT2D eigenvalue weighted by molar-refractivity contribution is -0.383. The van der Waals surface area contributed by atoms with Crippen molar-refractivity contribution in [1.82, 2.24) is 0 Å². The first-order valence-electron chi connectivity index (χ1n) is 5.22. The van der Waals surface area contributed by atoms with Crippen LogP contribution in [0.3, 0.4) is 0 Å². The first-order valence-corrected chi connectivity index (χ1v) is 8.69. The molecule has 0 aliphatic carbocycles. The molecule has 0 radical (unpaired) electrons. The Balaban J connectivity index is 2.41. The molecule has 2 aromatic rings. The molecule has 2 rings (SSSR count). The molecule has 0 spiro atoms. The Morgan fingerprint density at radius 1 is 1.38 bits per heavy atom. The number of nitrogen functional groups attached to an aromatic ring is 1. The van der Waals surface area contributed by atoms with Gasteiger partial charge >= 0.3 is 5.69 Å². The van der Waals surface area contributed by atoms with Crippen LogP contribution in [0.5, 0.6) is 0 Å². The average Bonchev–Trinajstić information content (AvgIpc) is 2.77. The van der Waals surface area contributed by atoms with Gasteiger partial charge in [0.15, 0.2) is 5.00 Å². The fourth-order valence-electron chi connectivity index (χ4n) is 1.42. The number of nitro groups is 1. The van der Waals surface area contributed by atoms with E-state index in [0.717, 1.165) is 6.07 Å². The zero-order valence-corrected chi connectivity index (χ0v) is 14.0. The van der Waals surface area contributed by atoms with Crippen LogP contribution in [-0.4, -0.2) is 13.3 Å². The highest BCUT2D eigenvalue weighted by molar-refractivity contribution is 9.10. The van der Waals surface area contributed by atoms with Gasteiger partial charge in [-0.05, 0) is 18.2 Å². The lowest BCUT2D eigenvalue weighted by atomic mass is 10.3. The zero-order chi connectivity index (χ0) is 15.8. The summed E-state index contributed by atoms with van der Waals surface area (Å²) >= 11 is 9.70. The van der Waals surface area contributed by atoms with Crippen LogP contribution in [0.2, 0.25) is 5.02 Å². The standard InChI is InChI=1S/C10H7BrClN3O4S2/c11-5-1-2-6(12)7(3-5)14-21(18,19)9-4-8(15(16)17)10(13)20-9/h1-4,14H,13H2. The molecule has 0 aliphatic heterocycles. The number of thiophene rings is 1. The third-order valence-electron chi connectivity index (χ3n) is 2.35. The highest BCUT2D eigenvalue weighted by Crippen LogP contribution is 2.36. The van der Waals surface area contributed by atoms with Crippen molar-refractivity contribution in [3.8, 4) is 0 Å². The molecule has 11 heteroatoms. The van der Waals surface area contributed by atoms with Crippen LogP contribution in [0.1, 0.15) is 0 Å². The molecule has 0 bridgehead atoms. The Morgan fingerprint density at radius 3 is 2.62 bits per heavy atom. The van der Waals surface area contributed by atoms with Crippen LogP contribution in [-0.2, 0) is 10.0 Å². The van der Waals surface area contributed by atoms with Crippen molar-refractivity contribution >= 4 is 65.3 Å². The van der Waals surface area contributed by atoms with Gasteiger partial charge in [0.25, 0.3) is 10.0 Å². The van der Waals surface area contributed by atoms with E-state index in [1.54, 1.807) is 6.07 Å². The minimum Gasteiger partial charge on any atom is -0.385 e. The topological polar surface area (TPSA) is 115 Å². The minimum atomic E-state index is -4.01. The predicted octanol–water partition coefficient (Wildman–Crippen LogP) is 3.46. The van der Waals surface area contributed by atoms with E-state index < -0.39 is 20.6 Å². The number of rotatable bonds is 4. The van der Waals surface area contributed by atoms with E-state index in [1.165, 1.54) is 12.1 Å². The van der Waals surface area contributed by atoms with Gasteiger partial charge in [-0.3, -0.25) is 14.8 Å². The molecule has 3 N–H and O–H groups in total. The van der Waals surface area contributed by atoms with Gasteiger partial charge in [-0.2, -0.15) is 0 Å². The Kier molecular flexibility index (Phi) is 4.42. The number of nitrogens with one attached hydrogen (secondary N) is 1. The Bertz CT molecular complexity index is 822. The summed E-state index contributed by atoms with van der Waals surface area (Å²) in [6.07, 6.45) is 0. The number of halogens is 2. The lowest BCUT2D eigenvalue weighted by Gasteiger charge is -2.08. The van der Waals surface area contributed by atoms with Crippen LogP contribution in [0.25, 0.3) is 0 Å². The second-order valence-electron chi connectivity index (χ2n) is 3.80. The highest BCUT2D eigenvalue weighted by atomic mass is 79.9. The Morgan fingerprint density at radius 2 is 2.05 bits per heavy atom. The summed E-state index contributed by atoms with van der Waals surface area (Å²) in [6.45, 7) is 0. The van der Waals surface area contributed by atoms with E-state index in [1.807, 2.05) is 0 Å². The number of nitrogens with two attached hydrogens (primary N) is 1. The summed E-state index contributed by atoms with van der Waals surface area (Å²) in [5, 5.41) is 10.7. The van der Waals surface area contributed by atoms with E-state index in [0.29, 0.717) is 15.8 Å². The third kappa shape index (κ3) is 3.46. The molecule has 0 aliphatic rings. The van der Waals surface area contributed by atoms with Crippen molar-refractivity contribution in [2.45, 2.75) is 4.21 Å².